The molecule has 1 amide bonds. The van der Waals surface area contributed by atoms with Crippen LogP contribution in [0.15, 0.2) is 46.1 Å². The Labute approximate surface area is 178 Å². The lowest BCUT2D eigenvalue weighted by atomic mass is 10.1. The maximum atomic E-state index is 11.8. The Morgan fingerprint density at radius 1 is 1.17 bits per heavy atom. The summed E-state index contributed by atoms with van der Waals surface area (Å²) in [7, 11) is 0. The van der Waals surface area contributed by atoms with Crippen molar-refractivity contribution in [3.05, 3.63) is 47.9 Å². The molecule has 162 valence electrons. The van der Waals surface area contributed by atoms with Crippen LogP contribution in [0.4, 0.5) is 5.69 Å². The third-order valence-electron chi connectivity index (χ3n) is 5.04. The Morgan fingerprint density at radius 3 is 2.50 bits per heavy atom. The lowest BCUT2D eigenvalue weighted by Crippen LogP contribution is -2.52. The number of carbonyl (C=O) groups excluding carboxylic acids is 1. The number of nitrogens with zero attached hydrogens (tertiary/aromatic N) is 4. The largest absolute Gasteiger partial charge is 0.364 e. The first-order valence-corrected chi connectivity index (χ1v) is 10.6. The van der Waals surface area contributed by atoms with Crippen molar-refractivity contribution < 1.29 is 9.32 Å². The van der Waals surface area contributed by atoms with Crippen molar-refractivity contribution in [2.75, 3.05) is 38.0 Å². The fraction of sp³-hybridized carbons (Fsp3) is 0.500. The van der Waals surface area contributed by atoms with E-state index >= 15 is 0 Å². The molecule has 2 N–H and O–H groups in total. The number of carbonyl (C=O) groups is 1. The fourth-order valence-corrected chi connectivity index (χ4v) is 3.24. The van der Waals surface area contributed by atoms with E-state index in [1.54, 1.807) is 6.26 Å². The van der Waals surface area contributed by atoms with E-state index in [0.717, 1.165) is 62.2 Å². The number of guanidine groups is 1. The van der Waals surface area contributed by atoms with Crippen molar-refractivity contribution in [3.8, 4) is 0 Å². The van der Waals surface area contributed by atoms with Gasteiger partial charge in [0.2, 0.25) is 5.91 Å². The van der Waals surface area contributed by atoms with E-state index in [4.69, 9.17) is 9.52 Å². The van der Waals surface area contributed by atoms with Crippen LogP contribution in [0.3, 0.4) is 0 Å². The molecule has 0 aliphatic carbocycles. The topological polar surface area (TPSA) is 86.0 Å². The number of hydrogen-bond acceptors (Lipinski definition) is 5. The van der Waals surface area contributed by atoms with Crippen LogP contribution in [0, 0.1) is 5.92 Å². The van der Waals surface area contributed by atoms with Crippen LogP contribution in [0.25, 0.3) is 0 Å². The zero-order valence-corrected chi connectivity index (χ0v) is 18.1. The zero-order valence-electron chi connectivity index (χ0n) is 18.1. The fourth-order valence-electron chi connectivity index (χ4n) is 3.24. The lowest BCUT2D eigenvalue weighted by molar-refractivity contribution is -0.118. The van der Waals surface area contributed by atoms with Crippen molar-refractivity contribution in [2.24, 2.45) is 10.9 Å². The van der Waals surface area contributed by atoms with Gasteiger partial charge >= 0.3 is 0 Å². The first-order chi connectivity index (χ1) is 14.5. The van der Waals surface area contributed by atoms with Gasteiger partial charge in [0, 0.05) is 56.9 Å². The average Bonchev–Trinajstić information content (AvgIpc) is 3.26. The monoisotopic (exact) mass is 412 g/mol. The molecule has 1 aliphatic heterocycles. The lowest BCUT2D eigenvalue weighted by Gasteiger charge is -2.36. The van der Waals surface area contributed by atoms with E-state index in [1.807, 2.05) is 44.2 Å². The smallest absolute Gasteiger partial charge is 0.226 e. The maximum absolute atomic E-state index is 11.8. The molecule has 1 fully saturated rings. The van der Waals surface area contributed by atoms with E-state index in [1.165, 1.54) is 0 Å². The Hall–Kier alpha value is -2.87. The van der Waals surface area contributed by atoms with Crippen molar-refractivity contribution in [1.82, 2.24) is 20.3 Å². The molecule has 2 aromatic rings. The number of hydrogen-bond donors (Lipinski definition) is 2. The SMILES string of the molecule is CCNC(=NCc1ccc(NC(=O)C(C)C)cc1)N1CCN(Cc2ccon2)CC1. The molecule has 0 bridgehead atoms. The van der Waals surface area contributed by atoms with E-state index in [9.17, 15) is 4.79 Å². The number of aliphatic imine (C=N–C) groups is 1. The van der Waals surface area contributed by atoms with Gasteiger partial charge < -0.3 is 20.1 Å². The molecule has 0 unspecified atom stereocenters. The Morgan fingerprint density at radius 2 is 1.90 bits per heavy atom. The number of amides is 1. The standard InChI is InChI=1S/C22H32N6O2/c1-4-23-22(28-12-10-27(11-13-28)16-20-9-14-30-26-20)24-15-18-5-7-19(8-6-18)25-21(29)17(2)3/h5-9,14,17H,4,10-13,15-16H2,1-3H3,(H,23,24)(H,25,29). The average molecular weight is 413 g/mol. The molecule has 8 nitrogen and oxygen atoms in total. The summed E-state index contributed by atoms with van der Waals surface area (Å²) in [6, 6.07) is 9.80. The van der Waals surface area contributed by atoms with Crippen molar-refractivity contribution in [2.45, 2.75) is 33.9 Å². The molecule has 3 rings (SSSR count). The summed E-state index contributed by atoms with van der Waals surface area (Å²) in [5.41, 5.74) is 2.89. The van der Waals surface area contributed by atoms with E-state index in [0.29, 0.717) is 6.54 Å². The van der Waals surface area contributed by atoms with Crippen LogP contribution >= 0.6 is 0 Å². The van der Waals surface area contributed by atoms with E-state index in [-0.39, 0.29) is 11.8 Å². The van der Waals surface area contributed by atoms with Crippen LogP contribution in [0.1, 0.15) is 32.0 Å². The number of aromatic nitrogens is 1. The third-order valence-corrected chi connectivity index (χ3v) is 5.04. The predicted octanol–water partition coefficient (Wildman–Crippen LogP) is 2.55. The molecular weight excluding hydrogens is 380 g/mol. The van der Waals surface area contributed by atoms with Crippen LogP contribution < -0.4 is 10.6 Å². The van der Waals surface area contributed by atoms with Gasteiger partial charge in [0.15, 0.2) is 5.96 Å². The molecule has 8 heteroatoms. The highest BCUT2D eigenvalue weighted by Crippen LogP contribution is 2.13. The molecule has 1 aromatic heterocycles. The second-order valence-corrected chi connectivity index (χ2v) is 7.77. The van der Waals surface area contributed by atoms with Crippen LogP contribution in [0.2, 0.25) is 0 Å². The summed E-state index contributed by atoms with van der Waals surface area (Å²) in [5, 5.41) is 10.3. The number of nitrogens with one attached hydrogen (secondary N) is 2. The normalized spacial score (nSPS) is 15.5. The minimum atomic E-state index is -0.0339. The summed E-state index contributed by atoms with van der Waals surface area (Å²) in [4.78, 5) is 21.3. The van der Waals surface area contributed by atoms with Gasteiger partial charge in [-0.05, 0) is 24.6 Å². The first kappa shape index (κ1) is 21.8. The number of piperazine rings is 1. The molecule has 1 aliphatic rings. The molecule has 0 radical (unpaired) electrons. The number of anilines is 1. The van der Waals surface area contributed by atoms with Gasteiger partial charge in [0.25, 0.3) is 0 Å². The van der Waals surface area contributed by atoms with Gasteiger partial charge in [0.1, 0.15) is 6.26 Å². The highest BCUT2D eigenvalue weighted by atomic mass is 16.5. The Bertz CT molecular complexity index is 809. The predicted molar refractivity (Wildman–Crippen MR) is 118 cm³/mol. The van der Waals surface area contributed by atoms with Crippen molar-refractivity contribution in [3.63, 3.8) is 0 Å². The highest BCUT2D eigenvalue weighted by molar-refractivity contribution is 5.92. The Kier molecular flexibility index (Phi) is 7.84. The number of rotatable bonds is 7. The van der Waals surface area contributed by atoms with Crippen LogP contribution in [0.5, 0.6) is 0 Å². The van der Waals surface area contributed by atoms with Gasteiger partial charge in [-0.2, -0.15) is 0 Å². The highest BCUT2D eigenvalue weighted by Gasteiger charge is 2.20. The minimum Gasteiger partial charge on any atom is -0.364 e. The quantitative estimate of drug-likeness (QED) is 0.537. The second-order valence-electron chi connectivity index (χ2n) is 7.77. The summed E-state index contributed by atoms with van der Waals surface area (Å²) < 4.78 is 4.92. The van der Waals surface area contributed by atoms with Gasteiger partial charge in [-0.3, -0.25) is 9.69 Å². The van der Waals surface area contributed by atoms with Gasteiger partial charge in [0.05, 0.1) is 12.2 Å². The molecule has 30 heavy (non-hydrogen) atoms. The maximum Gasteiger partial charge on any atom is 0.226 e. The van der Waals surface area contributed by atoms with E-state index < -0.39 is 0 Å². The summed E-state index contributed by atoms with van der Waals surface area (Å²) >= 11 is 0. The summed E-state index contributed by atoms with van der Waals surface area (Å²) in [6.07, 6.45) is 1.62. The minimum absolute atomic E-state index is 0.0258. The first-order valence-electron chi connectivity index (χ1n) is 10.6. The van der Waals surface area contributed by atoms with Crippen LogP contribution in [-0.2, 0) is 17.9 Å². The summed E-state index contributed by atoms with van der Waals surface area (Å²) in [5.74, 6) is 0.932. The van der Waals surface area contributed by atoms with Crippen molar-refractivity contribution in [1.29, 1.82) is 0 Å². The molecular formula is C22H32N6O2. The molecule has 1 aromatic carbocycles. The molecule has 0 atom stereocenters. The summed E-state index contributed by atoms with van der Waals surface area (Å²) in [6.45, 7) is 11.9. The van der Waals surface area contributed by atoms with Gasteiger partial charge in [-0.1, -0.05) is 31.1 Å². The molecule has 0 saturated carbocycles. The second kappa shape index (κ2) is 10.8. The molecule has 2 heterocycles. The Balaban J connectivity index is 1.53. The van der Waals surface area contributed by atoms with Gasteiger partial charge in [-0.15, -0.1) is 0 Å². The molecule has 1 saturated heterocycles. The van der Waals surface area contributed by atoms with E-state index in [2.05, 4.69) is 32.5 Å². The van der Waals surface area contributed by atoms with Crippen LogP contribution in [-0.4, -0.2) is 59.5 Å². The molecule has 0 spiro atoms. The van der Waals surface area contributed by atoms with Gasteiger partial charge in [-0.25, -0.2) is 4.99 Å². The van der Waals surface area contributed by atoms with Crippen molar-refractivity contribution >= 4 is 17.6 Å². The number of benzene rings is 1. The third kappa shape index (κ3) is 6.32. The zero-order chi connectivity index (χ0) is 21.3.